The fraction of sp³-hybridized carbons (Fsp3) is 0.600. The van der Waals surface area contributed by atoms with E-state index in [2.05, 4.69) is 10.2 Å². The molecule has 0 radical (unpaired) electrons. The highest BCUT2D eigenvalue weighted by atomic mass is 35.5. The first-order chi connectivity index (χ1) is 9.69. The Morgan fingerprint density at radius 2 is 2.05 bits per heavy atom. The van der Waals surface area contributed by atoms with Crippen LogP contribution >= 0.6 is 23.2 Å². The van der Waals surface area contributed by atoms with Gasteiger partial charge in [0.25, 0.3) is 0 Å². The molecule has 0 aliphatic carbocycles. The Hall–Kier alpha value is -0.480. The zero-order valence-corrected chi connectivity index (χ0v) is 13.4. The molecule has 0 aromatic heterocycles. The summed E-state index contributed by atoms with van der Waals surface area (Å²) in [6, 6.07) is 5.39. The van der Waals surface area contributed by atoms with E-state index in [4.69, 9.17) is 27.9 Å². The van der Waals surface area contributed by atoms with Gasteiger partial charge >= 0.3 is 0 Å². The highest BCUT2D eigenvalue weighted by molar-refractivity contribution is 6.35. The number of halogens is 2. The summed E-state index contributed by atoms with van der Waals surface area (Å²) in [7, 11) is 1.96. The lowest BCUT2D eigenvalue weighted by Gasteiger charge is -2.25. The van der Waals surface area contributed by atoms with E-state index < -0.39 is 0 Å². The molecule has 3 nitrogen and oxygen atoms in total. The van der Waals surface area contributed by atoms with Crippen molar-refractivity contribution in [2.75, 3.05) is 33.2 Å². The van der Waals surface area contributed by atoms with E-state index in [0.717, 1.165) is 25.3 Å². The molecule has 0 unspecified atom stereocenters. The van der Waals surface area contributed by atoms with Crippen LogP contribution in [0.15, 0.2) is 18.2 Å². The van der Waals surface area contributed by atoms with Crippen LogP contribution in [0.2, 0.25) is 10.0 Å². The van der Waals surface area contributed by atoms with Crippen LogP contribution in [0.3, 0.4) is 0 Å². The normalized spacial score (nSPS) is 17.4. The molecular weight excluding hydrogens is 295 g/mol. The second-order valence-electron chi connectivity index (χ2n) is 5.21. The van der Waals surface area contributed by atoms with Gasteiger partial charge in [0.05, 0.1) is 5.02 Å². The SMILES string of the molecule is CNCC[C@H](CN1CCCC1)Oc1ccc(Cl)cc1Cl. The van der Waals surface area contributed by atoms with Gasteiger partial charge in [-0.3, -0.25) is 4.90 Å². The molecule has 0 spiro atoms. The number of benzene rings is 1. The maximum atomic E-state index is 6.19. The fourth-order valence-electron chi connectivity index (χ4n) is 2.50. The predicted molar refractivity (Wildman–Crippen MR) is 85.1 cm³/mol. The molecule has 112 valence electrons. The smallest absolute Gasteiger partial charge is 0.138 e. The van der Waals surface area contributed by atoms with Crippen molar-refractivity contribution in [3.63, 3.8) is 0 Å². The third kappa shape index (κ3) is 4.81. The molecule has 1 aliphatic heterocycles. The van der Waals surface area contributed by atoms with E-state index in [-0.39, 0.29) is 6.10 Å². The van der Waals surface area contributed by atoms with Crippen LogP contribution in [-0.4, -0.2) is 44.2 Å². The molecule has 0 saturated carbocycles. The zero-order valence-electron chi connectivity index (χ0n) is 11.9. The summed E-state index contributed by atoms with van der Waals surface area (Å²) in [6.07, 6.45) is 3.70. The van der Waals surface area contributed by atoms with Crippen LogP contribution in [0.25, 0.3) is 0 Å². The molecule has 5 heteroatoms. The third-order valence-electron chi connectivity index (χ3n) is 3.56. The first kappa shape index (κ1) is 15.9. The number of ether oxygens (including phenoxy) is 1. The summed E-state index contributed by atoms with van der Waals surface area (Å²) in [4.78, 5) is 2.46. The number of nitrogens with zero attached hydrogens (tertiary/aromatic N) is 1. The summed E-state index contributed by atoms with van der Waals surface area (Å²) in [5.41, 5.74) is 0. The van der Waals surface area contributed by atoms with Crippen molar-refractivity contribution in [2.24, 2.45) is 0 Å². The van der Waals surface area contributed by atoms with Crippen LogP contribution in [-0.2, 0) is 0 Å². The van der Waals surface area contributed by atoms with Crippen molar-refractivity contribution >= 4 is 23.2 Å². The molecule has 0 bridgehead atoms. The van der Waals surface area contributed by atoms with Crippen LogP contribution in [0.1, 0.15) is 19.3 Å². The van der Waals surface area contributed by atoms with Crippen LogP contribution in [0, 0.1) is 0 Å². The lowest BCUT2D eigenvalue weighted by molar-refractivity contribution is 0.139. The quantitative estimate of drug-likeness (QED) is 0.834. The molecule has 1 saturated heterocycles. The first-order valence-corrected chi connectivity index (χ1v) is 7.93. The van der Waals surface area contributed by atoms with Crippen LogP contribution in [0.5, 0.6) is 5.75 Å². The molecular formula is C15H22Cl2N2O. The molecule has 1 aromatic carbocycles. The van der Waals surface area contributed by atoms with Gasteiger partial charge in [0.1, 0.15) is 11.9 Å². The summed E-state index contributed by atoms with van der Waals surface area (Å²) in [6.45, 7) is 4.24. The average Bonchev–Trinajstić information content (AvgIpc) is 2.92. The lowest BCUT2D eigenvalue weighted by atomic mass is 10.2. The first-order valence-electron chi connectivity index (χ1n) is 7.17. The molecule has 20 heavy (non-hydrogen) atoms. The van der Waals surface area contributed by atoms with E-state index in [1.165, 1.54) is 25.9 Å². The summed E-state index contributed by atoms with van der Waals surface area (Å²) >= 11 is 12.1. The van der Waals surface area contributed by atoms with Crippen molar-refractivity contribution < 1.29 is 4.74 Å². The molecule has 1 atom stereocenters. The van der Waals surface area contributed by atoms with E-state index >= 15 is 0 Å². The van der Waals surface area contributed by atoms with Gasteiger partial charge in [0.15, 0.2) is 0 Å². The van der Waals surface area contributed by atoms with Crippen LogP contribution < -0.4 is 10.1 Å². The average molecular weight is 317 g/mol. The maximum Gasteiger partial charge on any atom is 0.138 e. The number of hydrogen-bond donors (Lipinski definition) is 1. The van der Waals surface area contributed by atoms with E-state index in [9.17, 15) is 0 Å². The van der Waals surface area contributed by atoms with Crippen LogP contribution in [0.4, 0.5) is 0 Å². The topological polar surface area (TPSA) is 24.5 Å². The number of rotatable bonds is 7. The monoisotopic (exact) mass is 316 g/mol. The maximum absolute atomic E-state index is 6.19. The second kappa shape index (κ2) is 8.08. The Kier molecular flexibility index (Phi) is 6.43. The highest BCUT2D eigenvalue weighted by Gasteiger charge is 2.19. The summed E-state index contributed by atoms with van der Waals surface area (Å²) in [5, 5.41) is 4.39. The Morgan fingerprint density at radius 3 is 2.70 bits per heavy atom. The minimum Gasteiger partial charge on any atom is -0.487 e. The van der Waals surface area contributed by atoms with E-state index in [1.54, 1.807) is 6.07 Å². The molecule has 0 amide bonds. The minimum atomic E-state index is 0.152. The van der Waals surface area contributed by atoms with Crippen molar-refractivity contribution in [3.05, 3.63) is 28.2 Å². The zero-order chi connectivity index (χ0) is 14.4. The Balaban J connectivity index is 1.97. The van der Waals surface area contributed by atoms with Gasteiger partial charge in [-0.2, -0.15) is 0 Å². The van der Waals surface area contributed by atoms with Crippen molar-refractivity contribution in [3.8, 4) is 5.75 Å². The number of hydrogen-bond acceptors (Lipinski definition) is 3. The molecule has 1 heterocycles. The third-order valence-corrected chi connectivity index (χ3v) is 4.09. The highest BCUT2D eigenvalue weighted by Crippen LogP contribution is 2.29. The molecule has 1 aliphatic rings. The second-order valence-corrected chi connectivity index (χ2v) is 6.06. The summed E-state index contributed by atoms with van der Waals surface area (Å²) in [5.74, 6) is 0.719. The van der Waals surface area contributed by atoms with Crippen molar-refractivity contribution in [1.29, 1.82) is 0 Å². The Morgan fingerprint density at radius 1 is 1.30 bits per heavy atom. The number of likely N-dealkylation sites (tertiary alicyclic amines) is 1. The lowest BCUT2D eigenvalue weighted by Crippen LogP contribution is -2.35. The van der Waals surface area contributed by atoms with Gasteiger partial charge in [-0.1, -0.05) is 23.2 Å². The Bertz CT molecular complexity index is 422. The van der Waals surface area contributed by atoms with Gasteiger partial charge in [0.2, 0.25) is 0 Å². The van der Waals surface area contributed by atoms with E-state index in [1.807, 2.05) is 19.2 Å². The Labute approximate surface area is 131 Å². The summed E-state index contributed by atoms with van der Waals surface area (Å²) < 4.78 is 6.09. The molecule has 2 rings (SSSR count). The van der Waals surface area contributed by atoms with Gasteiger partial charge in [-0.05, 0) is 64.1 Å². The van der Waals surface area contributed by atoms with Gasteiger partial charge < -0.3 is 10.1 Å². The largest absolute Gasteiger partial charge is 0.487 e. The van der Waals surface area contributed by atoms with Crippen molar-refractivity contribution in [1.82, 2.24) is 10.2 Å². The van der Waals surface area contributed by atoms with Gasteiger partial charge in [0, 0.05) is 11.6 Å². The minimum absolute atomic E-state index is 0.152. The number of nitrogens with one attached hydrogen (secondary N) is 1. The van der Waals surface area contributed by atoms with Gasteiger partial charge in [-0.25, -0.2) is 0 Å². The fourth-order valence-corrected chi connectivity index (χ4v) is 2.95. The molecule has 1 fully saturated rings. The van der Waals surface area contributed by atoms with Crippen molar-refractivity contribution in [2.45, 2.75) is 25.4 Å². The molecule has 1 N–H and O–H groups in total. The predicted octanol–water partition coefficient (Wildman–Crippen LogP) is 3.45. The van der Waals surface area contributed by atoms with Gasteiger partial charge in [-0.15, -0.1) is 0 Å². The molecule has 1 aromatic rings. The van der Waals surface area contributed by atoms with E-state index in [0.29, 0.717) is 10.0 Å². The standard InChI is InChI=1S/C15H22Cl2N2O/c1-18-7-6-13(11-19-8-2-3-9-19)20-15-5-4-12(16)10-14(15)17/h4-5,10,13,18H,2-3,6-9,11H2,1H3/t13-/m1/s1.